The van der Waals surface area contributed by atoms with Crippen molar-refractivity contribution in [1.82, 2.24) is 4.90 Å². The average molecular weight is 570 g/mol. The number of carbonyl (C=O) groups excluding carboxylic acids is 1. The predicted molar refractivity (Wildman–Crippen MR) is 141 cm³/mol. The largest absolute Gasteiger partial charge is 0.457 e. The van der Waals surface area contributed by atoms with Gasteiger partial charge in [-0.1, -0.05) is 31.4 Å². The Kier molecular flexibility index (Phi) is 7.06. The molecule has 36 heavy (non-hydrogen) atoms. The summed E-state index contributed by atoms with van der Waals surface area (Å²) in [6, 6.07) is 14.2. The SMILES string of the molecule is O=C1/C(=C/c2ccc(-c3ccc([N+](=O)[O-])cc3Br)o2)SC(=Nc2ccccc2F)N1C1CCCCC1. The first-order valence-corrected chi connectivity index (χ1v) is 13.1. The third kappa shape index (κ3) is 5.01. The van der Waals surface area contributed by atoms with E-state index in [4.69, 9.17) is 4.42 Å². The number of thioether (sulfide) groups is 1. The van der Waals surface area contributed by atoms with E-state index in [1.807, 2.05) is 0 Å². The average Bonchev–Trinajstić information content (AvgIpc) is 3.45. The summed E-state index contributed by atoms with van der Waals surface area (Å²) >= 11 is 4.57. The summed E-state index contributed by atoms with van der Waals surface area (Å²) in [7, 11) is 0. The number of hydrogen-bond donors (Lipinski definition) is 0. The van der Waals surface area contributed by atoms with Crippen molar-refractivity contribution in [2.24, 2.45) is 4.99 Å². The summed E-state index contributed by atoms with van der Waals surface area (Å²) in [5.74, 6) is 0.352. The van der Waals surface area contributed by atoms with Crippen molar-refractivity contribution in [2.45, 2.75) is 38.1 Å². The molecule has 2 fully saturated rings. The van der Waals surface area contributed by atoms with Gasteiger partial charge in [0.05, 0.1) is 9.83 Å². The van der Waals surface area contributed by atoms with Gasteiger partial charge >= 0.3 is 0 Å². The molecule has 1 saturated heterocycles. The van der Waals surface area contributed by atoms with Crippen molar-refractivity contribution in [3.05, 3.63) is 85.7 Å². The number of nitrogens with zero attached hydrogens (tertiary/aromatic N) is 3. The number of hydrogen-bond acceptors (Lipinski definition) is 6. The number of rotatable bonds is 5. The molecule has 0 spiro atoms. The first kappa shape index (κ1) is 24.5. The van der Waals surface area contributed by atoms with Gasteiger partial charge in [-0.05, 0) is 70.9 Å². The Balaban J connectivity index is 1.46. The Labute approximate surface area is 219 Å². The minimum atomic E-state index is -0.464. The van der Waals surface area contributed by atoms with Crippen LogP contribution in [0.25, 0.3) is 17.4 Å². The molecule has 2 heterocycles. The van der Waals surface area contributed by atoms with Crippen LogP contribution in [0.4, 0.5) is 15.8 Å². The molecule has 184 valence electrons. The molecule has 2 aliphatic rings. The van der Waals surface area contributed by atoms with E-state index in [-0.39, 0.29) is 23.3 Å². The normalized spacial score (nSPS) is 18.9. The fourth-order valence-corrected chi connectivity index (χ4v) is 5.99. The number of amidine groups is 1. The van der Waals surface area contributed by atoms with Gasteiger partial charge in [-0.3, -0.25) is 19.8 Å². The number of nitro groups is 1. The highest BCUT2D eigenvalue weighted by Crippen LogP contribution is 2.40. The van der Waals surface area contributed by atoms with Crippen LogP contribution in [-0.4, -0.2) is 26.9 Å². The van der Waals surface area contributed by atoms with Crippen molar-refractivity contribution < 1.29 is 18.5 Å². The molecule has 7 nitrogen and oxygen atoms in total. The first-order chi connectivity index (χ1) is 17.4. The van der Waals surface area contributed by atoms with E-state index in [2.05, 4.69) is 20.9 Å². The van der Waals surface area contributed by atoms with Gasteiger partial charge in [-0.15, -0.1) is 0 Å². The second kappa shape index (κ2) is 10.4. The lowest BCUT2D eigenvalue weighted by Crippen LogP contribution is -2.40. The fourth-order valence-electron chi connectivity index (χ4n) is 4.39. The highest BCUT2D eigenvalue weighted by Gasteiger charge is 2.39. The monoisotopic (exact) mass is 569 g/mol. The van der Waals surface area contributed by atoms with Gasteiger partial charge in [0.25, 0.3) is 11.6 Å². The smallest absolute Gasteiger partial charge is 0.270 e. The second-order valence-electron chi connectivity index (χ2n) is 8.55. The van der Waals surface area contributed by atoms with E-state index in [1.54, 1.807) is 47.4 Å². The van der Waals surface area contributed by atoms with Crippen LogP contribution in [0, 0.1) is 15.9 Å². The third-order valence-corrected chi connectivity index (χ3v) is 7.81. The van der Waals surface area contributed by atoms with E-state index in [1.165, 1.54) is 30.0 Å². The Bertz CT molecular complexity index is 1400. The van der Waals surface area contributed by atoms with Crippen LogP contribution >= 0.6 is 27.7 Å². The minimum Gasteiger partial charge on any atom is -0.457 e. The highest BCUT2D eigenvalue weighted by molar-refractivity contribution is 9.10. The second-order valence-corrected chi connectivity index (χ2v) is 10.4. The van der Waals surface area contributed by atoms with Crippen LogP contribution in [0.2, 0.25) is 0 Å². The number of nitro benzene ring substituents is 1. The van der Waals surface area contributed by atoms with Crippen molar-refractivity contribution in [1.29, 1.82) is 0 Å². The molecule has 3 aromatic rings. The Morgan fingerprint density at radius 3 is 2.64 bits per heavy atom. The molecule has 5 rings (SSSR count). The van der Waals surface area contributed by atoms with Crippen LogP contribution < -0.4 is 0 Å². The lowest BCUT2D eigenvalue weighted by atomic mass is 9.94. The van der Waals surface area contributed by atoms with E-state index >= 15 is 0 Å². The van der Waals surface area contributed by atoms with E-state index in [0.717, 1.165) is 32.1 Å². The summed E-state index contributed by atoms with van der Waals surface area (Å²) < 4.78 is 20.8. The number of para-hydroxylation sites is 1. The van der Waals surface area contributed by atoms with Gasteiger partial charge < -0.3 is 4.42 Å². The molecular weight excluding hydrogens is 549 g/mol. The van der Waals surface area contributed by atoms with Crippen molar-refractivity contribution in [2.75, 3.05) is 0 Å². The maximum atomic E-state index is 14.3. The Hall–Kier alpha value is -3.24. The standard InChI is InChI=1S/C26H21BrFN3O4S/c27-20-14-17(31(33)34)10-12-19(20)23-13-11-18(35-23)15-24-25(32)30(16-6-2-1-3-7-16)26(36-24)29-22-9-5-4-8-21(22)28/h4-5,8-16H,1-3,6-7H2/b24-15-,29-26?. The zero-order valence-corrected chi connectivity index (χ0v) is 21.4. The summed E-state index contributed by atoms with van der Waals surface area (Å²) in [5.41, 5.74) is 0.816. The zero-order valence-electron chi connectivity index (χ0n) is 19.0. The summed E-state index contributed by atoms with van der Waals surface area (Å²) in [6.45, 7) is 0. The molecule has 1 saturated carbocycles. The summed E-state index contributed by atoms with van der Waals surface area (Å²) in [5, 5.41) is 11.5. The molecule has 0 radical (unpaired) electrons. The minimum absolute atomic E-state index is 0.0263. The molecule has 2 aromatic carbocycles. The van der Waals surface area contributed by atoms with Crippen molar-refractivity contribution in [3.8, 4) is 11.3 Å². The zero-order chi connectivity index (χ0) is 25.2. The van der Waals surface area contributed by atoms with Crippen LogP contribution in [-0.2, 0) is 4.79 Å². The Morgan fingerprint density at radius 1 is 1.14 bits per heavy atom. The highest BCUT2D eigenvalue weighted by atomic mass is 79.9. The number of carbonyl (C=O) groups is 1. The number of amides is 1. The van der Waals surface area contributed by atoms with E-state index < -0.39 is 10.7 Å². The maximum absolute atomic E-state index is 14.3. The molecule has 1 aromatic heterocycles. The first-order valence-electron chi connectivity index (χ1n) is 11.5. The molecule has 0 N–H and O–H groups in total. The van der Waals surface area contributed by atoms with Gasteiger partial charge in [0.15, 0.2) is 5.17 Å². The third-order valence-electron chi connectivity index (χ3n) is 6.17. The molecule has 0 bridgehead atoms. The van der Waals surface area contributed by atoms with Crippen molar-refractivity contribution >= 4 is 56.2 Å². The fraction of sp³-hybridized carbons (Fsp3) is 0.231. The molecule has 0 atom stereocenters. The topological polar surface area (TPSA) is 88.9 Å². The summed E-state index contributed by atoms with van der Waals surface area (Å²) in [4.78, 5) is 30.7. The molecule has 10 heteroatoms. The molecule has 1 aliphatic heterocycles. The van der Waals surface area contributed by atoms with E-state index in [0.29, 0.717) is 31.6 Å². The van der Waals surface area contributed by atoms with Gasteiger partial charge in [-0.2, -0.15) is 0 Å². The lowest BCUT2D eigenvalue weighted by Gasteiger charge is -2.30. The number of benzene rings is 2. The number of aliphatic imine (C=N–C) groups is 1. The quantitative estimate of drug-likeness (QED) is 0.178. The Morgan fingerprint density at radius 2 is 1.92 bits per heavy atom. The molecular formula is C26H21BrFN3O4S. The summed E-state index contributed by atoms with van der Waals surface area (Å²) in [6.07, 6.45) is 6.65. The lowest BCUT2D eigenvalue weighted by molar-refractivity contribution is -0.384. The van der Waals surface area contributed by atoms with Gasteiger partial charge in [0.1, 0.15) is 23.0 Å². The number of halogens is 2. The van der Waals surface area contributed by atoms with Gasteiger partial charge in [-0.25, -0.2) is 9.38 Å². The predicted octanol–water partition coefficient (Wildman–Crippen LogP) is 7.69. The van der Waals surface area contributed by atoms with Crippen LogP contribution in [0.15, 0.2) is 73.4 Å². The number of non-ortho nitro benzene ring substituents is 1. The molecule has 1 amide bonds. The van der Waals surface area contributed by atoms with Crippen LogP contribution in [0.3, 0.4) is 0 Å². The number of furan rings is 1. The molecule has 0 unspecified atom stereocenters. The maximum Gasteiger partial charge on any atom is 0.270 e. The molecule has 1 aliphatic carbocycles. The van der Waals surface area contributed by atoms with Crippen LogP contribution in [0.1, 0.15) is 37.9 Å². The van der Waals surface area contributed by atoms with Gasteiger partial charge in [0.2, 0.25) is 0 Å². The van der Waals surface area contributed by atoms with Crippen molar-refractivity contribution in [3.63, 3.8) is 0 Å². The van der Waals surface area contributed by atoms with Crippen LogP contribution in [0.5, 0.6) is 0 Å². The van der Waals surface area contributed by atoms with E-state index in [9.17, 15) is 19.3 Å². The van der Waals surface area contributed by atoms with Gasteiger partial charge in [0, 0.05) is 34.3 Å².